The SMILES string of the molecule is COc1ccc(C(=O)Nc2cncs2)c(O)c1. The van der Waals surface area contributed by atoms with Crippen LogP contribution in [0.5, 0.6) is 11.5 Å². The molecule has 0 fully saturated rings. The first kappa shape index (κ1) is 11.4. The summed E-state index contributed by atoms with van der Waals surface area (Å²) < 4.78 is 4.94. The normalized spacial score (nSPS) is 9.94. The van der Waals surface area contributed by atoms with E-state index in [1.807, 2.05) is 0 Å². The van der Waals surface area contributed by atoms with Gasteiger partial charge in [-0.25, -0.2) is 0 Å². The number of aromatic nitrogens is 1. The Balaban J connectivity index is 2.19. The zero-order valence-corrected chi connectivity index (χ0v) is 9.82. The van der Waals surface area contributed by atoms with Gasteiger partial charge in [-0.15, -0.1) is 11.3 Å². The highest BCUT2D eigenvalue weighted by Gasteiger charge is 2.12. The van der Waals surface area contributed by atoms with Crippen LogP contribution in [0.3, 0.4) is 0 Å². The van der Waals surface area contributed by atoms with Gasteiger partial charge < -0.3 is 15.2 Å². The lowest BCUT2D eigenvalue weighted by Crippen LogP contribution is -2.11. The molecular formula is C11H10N2O3S. The molecule has 5 nitrogen and oxygen atoms in total. The zero-order valence-electron chi connectivity index (χ0n) is 9.01. The lowest BCUT2D eigenvalue weighted by molar-refractivity contribution is 0.102. The van der Waals surface area contributed by atoms with Gasteiger partial charge in [-0.1, -0.05) is 0 Å². The summed E-state index contributed by atoms with van der Waals surface area (Å²) in [6, 6.07) is 4.51. The molecule has 0 aliphatic rings. The predicted molar refractivity (Wildman–Crippen MR) is 64.7 cm³/mol. The third-order valence-electron chi connectivity index (χ3n) is 2.12. The van der Waals surface area contributed by atoms with Gasteiger partial charge in [0.1, 0.15) is 16.5 Å². The highest BCUT2D eigenvalue weighted by atomic mass is 32.1. The lowest BCUT2D eigenvalue weighted by Gasteiger charge is -2.06. The van der Waals surface area contributed by atoms with Gasteiger partial charge in [0.25, 0.3) is 5.91 Å². The summed E-state index contributed by atoms with van der Waals surface area (Å²) in [6.45, 7) is 0. The van der Waals surface area contributed by atoms with Crippen molar-refractivity contribution in [1.29, 1.82) is 0 Å². The van der Waals surface area contributed by atoms with E-state index in [9.17, 15) is 9.90 Å². The van der Waals surface area contributed by atoms with Gasteiger partial charge in [0.2, 0.25) is 0 Å². The molecule has 2 aromatic rings. The van der Waals surface area contributed by atoms with Crippen LogP contribution >= 0.6 is 11.3 Å². The van der Waals surface area contributed by atoms with Crippen molar-refractivity contribution in [3.63, 3.8) is 0 Å². The van der Waals surface area contributed by atoms with Gasteiger partial charge in [0.05, 0.1) is 24.4 Å². The maximum absolute atomic E-state index is 11.8. The minimum absolute atomic E-state index is 0.119. The maximum atomic E-state index is 11.8. The Morgan fingerprint density at radius 1 is 1.53 bits per heavy atom. The van der Waals surface area contributed by atoms with E-state index in [1.54, 1.807) is 17.8 Å². The average Bonchev–Trinajstić information content (AvgIpc) is 2.81. The van der Waals surface area contributed by atoms with Crippen LogP contribution < -0.4 is 10.1 Å². The molecule has 0 atom stereocenters. The third kappa shape index (κ3) is 2.54. The van der Waals surface area contributed by atoms with E-state index in [0.29, 0.717) is 10.8 Å². The second kappa shape index (κ2) is 4.84. The van der Waals surface area contributed by atoms with E-state index in [2.05, 4.69) is 10.3 Å². The summed E-state index contributed by atoms with van der Waals surface area (Å²) in [6.07, 6.45) is 1.54. The first-order valence-corrected chi connectivity index (χ1v) is 5.65. The van der Waals surface area contributed by atoms with Gasteiger partial charge in [-0.05, 0) is 12.1 Å². The molecular weight excluding hydrogens is 240 g/mol. The van der Waals surface area contributed by atoms with Crippen LogP contribution in [-0.4, -0.2) is 23.1 Å². The Bertz CT molecular complexity index is 526. The molecule has 0 unspecified atom stereocenters. The average molecular weight is 250 g/mol. The molecule has 0 aliphatic heterocycles. The van der Waals surface area contributed by atoms with Gasteiger partial charge in [0.15, 0.2) is 0 Å². The number of carbonyl (C=O) groups is 1. The number of rotatable bonds is 3. The van der Waals surface area contributed by atoms with Crippen LogP contribution in [0, 0.1) is 0 Å². The van der Waals surface area contributed by atoms with Crippen molar-refractivity contribution in [1.82, 2.24) is 4.98 Å². The molecule has 0 radical (unpaired) electrons. The van der Waals surface area contributed by atoms with Crippen LogP contribution in [0.2, 0.25) is 0 Å². The van der Waals surface area contributed by atoms with Crippen molar-refractivity contribution in [2.75, 3.05) is 12.4 Å². The number of nitrogens with zero attached hydrogens (tertiary/aromatic N) is 1. The van der Waals surface area contributed by atoms with Crippen molar-refractivity contribution in [3.05, 3.63) is 35.5 Å². The standard InChI is InChI=1S/C11H10N2O3S/c1-16-7-2-3-8(9(14)4-7)11(15)13-10-5-12-6-17-10/h2-6,14H,1H3,(H,13,15). The largest absolute Gasteiger partial charge is 0.507 e. The summed E-state index contributed by atoms with van der Waals surface area (Å²) >= 11 is 1.31. The summed E-state index contributed by atoms with van der Waals surface area (Å²) in [7, 11) is 1.49. The fourth-order valence-electron chi connectivity index (χ4n) is 1.29. The summed E-state index contributed by atoms with van der Waals surface area (Å²) in [5.41, 5.74) is 1.81. The van der Waals surface area contributed by atoms with Gasteiger partial charge in [0, 0.05) is 6.07 Å². The molecule has 6 heteroatoms. The number of anilines is 1. The fourth-order valence-corrected chi connectivity index (χ4v) is 1.80. The number of phenolic OH excluding ortho intramolecular Hbond substituents is 1. The number of amides is 1. The molecule has 1 heterocycles. The Morgan fingerprint density at radius 3 is 2.94 bits per heavy atom. The Morgan fingerprint density at radius 2 is 2.35 bits per heavy atom. The van der Waals surface area contributed by atoms with Crippen molar-refractivity contribution < 1.29 is 14.6 Å². The predicted octanol–water partition coefficient (Wildman–Crippen LogP) is 2.11. The number of phenols is 1. The van der Waals surface area contributed by atoms with E-state index >= 15 is 0 Å². The summed E-state index contributed by atoms with van der Waals surface area (Å²) in [5.74, 6) is -0.00221. The topological polar surface area (TPSA) is 71.5 Å². The Hall–Kier alpha value is -2.08. The van der Waals surface area contributed by atoms with Crippen LogP contribution in [0.1, 0.15) is 10.4 Å². The minimum atomic E-state index is -0.380. The van der Waals surface area contributed by atoms with Crippen LogP contribution in [0.15, 0.2) is 29.9 Å². The number of hydrogen-bond donors (Lipinski definition) is 2. The smallest absolute Gasteiger partial charge is 0.260 e. The quantitative estimate of drug-likeness (QED) is 0.875. The van der Waals surface area contributed by atoms with E-state index in [0.717, 1.165) is 0 Å². The number of carbonyl (C=O) groups excluding carboxylic acids is 1. The van der Waals surface area contributed by atoms with Crippen LogP contribution in [0.4, 0.5) is 5.00 Å². The van der Waals surface area contributed by atoms with Crippen LogP contribution in [0.25, 0.3) is 0 Å². The second-order valence-corrected chi connectivity index (χ2v) is 4.09. The molecule has 0 saturated carbocycles. The first-order chi connectivity index (χ1) is 8.20. The number of benzene rings is 1. The lowest BCUT2D eigenvalue weighted by atomic mass is 10.2. The van der Waals surface area contributed by atoms with Gasteiger partial charge >= 0.3 is 0 Å². The molecule has 17 heavy (non-hydrogen) atoms. The highest BCUT2D eigenvalue weighted by molar-refractivity contribution is 7.14. The van der Waals surface area contributed by atoms with Gasteiger partial charge in [-0.3, -0.25) is 9.78 Å². The number of methoxy groups -OCH3 is 1. The van der Waals surface area contributed by atoms with E-state index in [1.165, 1.54) is 30.6 Å². The number of nitrogens with one attached hydrogen (secondary N) is 1. The van der Waals surface area contributed by atoms with E-state index in [4.69, 9.17) is 4.74 Å². The first-order valence-electron chi connectivity index (χ1n) is 4.77. The van der Waals surface area contributed by atoms with Crippen LogP contribution in [-0.2, 0) is 0 Å². The third-order valence-corrected chi connectivity index (χ3v) is 2.81. The highest BCUT2D eigenvalue weighted by Crippen LogP contribution is 2.24. The van der Waals surface area contributed by atoms with E-state index < -0.39 is 0 Å². The molecule has 0 aliphatic carbocycles. The Labute approximate surface area is 102 Å². The number of hydrogen-bond acceptors (Lipinski definition) is 5. The fraction of sp³-hybridized carbons (Fsp3) is 0.0909. The molecule has 0 bridgehead atoms. The monoisotopic (exact) mass is 250 g/mol. The number of thiazole rings is 1. The number of ether oxygens (including phenoxy) is 1. The zero-order chi connectivity index (χ0) is 12.3. The Kier molecular flexibility index (Phi) is 3.24. The van der Waals surface area contributed by atoms with Crippen molar-refractivity contribution in [3.8, 4) is 11.5 Å². The summed E-state index contributed by atoms with van der Waals surface area (Å²) in [5, 5.41) is 12.9. The molecule has 0 saturated heterocycles. The van der Waals surface area contributed by atoms with E-state index in [-0.39, 0.29) is 17.2 Å². The molecule has 1 amide bonds. The minimum Gasteiger partial charge on any atom is -0.507 e. The second-order valence-electron chi connectivity index (χ2n) is 3.20. The molecule has 2 N–H and O–H groups in total. The maximum Gasteiger partial charge on any atom is 0.260 e. The molecule has 0 spiro atoms. The summed E-state index contributed by atoms with van der Waals surface area (Å²) in [4.78, 5) is 15.6. The molecule has 88 valence electrons. The van der Waals surface area contributed by atoms with Gasteiger partial charge in [-0.2, -0.15) is 0 Å². The molecule has 1 aromatic carbocycles. The molecule has 2 rings (SSSR count). The van der Waals surface area contributed by atoms with Crippen molar-refractivity contribution in [2.24, 2.45) is 0 Å². The number of aromatic hydroxyl groups is 1. The van der Waals surface area contributed by atoms with Crippen molar-refractivity contribution in [2.45, 2.75) is 0 Å². The molecule has 1 aromatic heterocycles. The van der Waals surface area contributed by atoms with Crippen molar-refractivity contribution >= 4 is 22.2 Å².